The van der Waals surface area contributed by atoms with Gasteiger partial charge in [-0.3, -0.25) is 0 Å². The van der Waals surface area contributed by atoms with Gasteiger partial charge < -0.3 is 5.73 Å². The van der Waals surface area contributed by atoms with Crippen LogP contribution in [0.5, 0.6) is 0 Å². The maximum atomic E-state index is 12.8. The molecule has 0 aliphatic heterocycles. The number of hydrogen-bond acceptors (Lipinski definition) is 1. The van der Waals surface area contributed by atoms with Crippen LogP contribution >= 0.6 is 0 Å². The molecule has 0 saturated carbocycles. The van der Waals surface area contributed by atoms with Gasteiger partial charge >= 0.3 is 0 Å². The van der Waals surface area contributed by atoms with E-state index in [1.54, 1.807) is 12.1 Å². The van der Waals surface area contributed by atoms with Gasteiger partial charge in [0.1, 0.15) is 5.82 Å². The third-order valence-corrected chi connectivity index (χ3v) is 3.30. The third-order valence-electron chi connectivity index (χ3n) is 3.30. The molecule has 0 aliphatic rings. The molecule has 1 unspecified atom stereocenters. The van der Waals surface area contributed by atoms with E-state index in [2.05, 4.69) is 6.92 Å². The normalized spacial score (nSPS) is 14.6. The Balaban J connectivity index is 2.42. The summed E-state index contributed by atoms with van der Waals surface area (Å²) in [6, 6.07) is 6.55. The highest BCUT2D eigenvalue weighted by atomic mass is 19.1. The van der Waals surface area contributed by atoms with Gasteiger partial charge in [-0.25, -0.2) is 4.39 Å². The molecule has 2 N–H and O–H groups in total. The first-order chi connectivity index (χ1) is 8.06. The van der Waals surface area contributed by atoms with E-state index in [4.69, 9.17) is 5.73 Å². The Morgan fingerprint density at radius 3 is 2.24 bits per heavy atom. The van der Waals surface area contributed by atoms with E-state index >= 15 is 0 Å². The lowest BCUT2D eigenvalue weighted by Gasteiger charge is -2.25. The Bertz CT molecular complexity index is 316. The SMILES string of the molecule is CCCCCCCC(C)(N)c1ccc(F)cc1. The minimum Gasteiger partial charge on any atom is -0.322 e. The summed E-state index contributed by atoms with van der Waals surface area (Å²) >= 11 is 0. The Labute approximate surface area is 104 Å². The van der Waals surface area contributed by atoms with E-state index in [1.165, 1.54) is 37.8 Å². The second-order valence-corrected chi connectivity index (χ2v) is 5.09. The zero-order valence-electron chi connectivity index (χ0n) is 11.0. The summed E-state index contributed by atoms with van der Waals surface area (Å²) in [4.78, 5) is 0. The molecule has 0 saturated heterocycles. The summed E-state index contributed by atoms with van der Waals surface area (Å²) in [5.74, 6) is -0.201. The summed E-state index contributed by atoms with van der Waals surface area (Å²) in [5.41, 5.74) is 6.97. The van der Waals surface area contributed by atoms with Crippen LogP contribution in [0.4, 0.5) is 4.39 Å². The number of hydrogen-bond donors (Lipinski definition) is 1. The zero-order valence-corrected chi connectivity index (χ0v) is 11.0. The Kier molecular flexibility index (Phi) is 5.63. The first-order valence-electron chi connectivity index (χ1n) is 6.61. The standard InChI is InChI=1S/C15H24FN/c1-3-4-5-6-7-12-15(2,17)13-8-10-14(16)11-9-13/h8-11H,3-7,12,17H2,1-2H3. The Hall–Kier alpha value is -0.890. The predicted molar refractivity (Wildman–Crippen MR) is 71.3 cm³/mol. The van der Waals surface area contributed by atoms with Crippen LogP contribution in [0.1, 0.15) is 57.9 Å². The molecule has 96 valence electrons. The van der Waals surface area contributed by atoms with Crippen LogP contribution in [-0.2, 0) is 5.54 Å². The van der Waals surface area contributed by atoms with Crippen molar-refractivity contribution in [3.8, 4) is 0 Å². The van der Waals surface area contributed by atoms with Crippen molar-refractivity contribution in [3.63, 3.8) is 0 Å². The fourth-order valence-corrected chi connectivity index (χ4v) is 2.07. The quantitative estimate of drug-likeness (QED) is 0.700. The zero-order chi connectivity index (χ0) is 12.7. The van der Waals surface area contributed by atoms with Crippen LogP contribution in [0.25, 0.3) is 0 Å². The van der Waals surface area contributed by atoms with Gasteiger partial charge in [0.2, 0.25) is 0 Å². The van der Waals surface area contributed by atoms with Gasteiger partial charge in [-0.1, -0.05) is 51.2 Å². The molecule has 17 heavy (non-hydrogen) atoms. The van der Waals surface area contributed by atoms with Crippen molar-refractivity contribution in [2.45, 2.75) is 57.9 Å². The van der Waals surface area contributed by atoms with Crippen molar-refractivity contribution < 1.29 is 4.39 Å². The molecule has 0 bridgehead atoms. The van der Waals surface area contributed by atoms with Crippen molar-refractivity contribution in [1.29, 1.82) is 0 Å². The molecule has 2 heteroatoms. The summed E-state index contributed by atoms with van der Waals surface area (Å²) < 4.78 is 12.8. The number of unbranched alkanes of at least 4 members (excludes halogenated alkanes) is 4. The third kappa shape index (κ3) is 4.86. The smallest absolute Gasteiger partial charge is 0.123 e. The lowest BCUT2D eigenvalue weighted by Crippen LogP contribution is -2.32. The molecule has 0 heterocycles. The molecular weight excluding hydrogens is 213 g/mol. The summed E-state index contributed by atoms with van der Waals surface area (Å²) in [7, 11) is 0. The van der Waals surface area contributed by atoms with Gasteiger partial charge in [0.15, 0.2) is 0 Å². The van der Waals surface area contributed by atoms with Crippen LogP contribution < -0.4 is 5.73 Å². The van der Waals surface area contributed by atoms with Crippen molar-refractivity contribution in [3.05, 3.63) is 35.6 Å². The Morgan fingerprint density at radius 1 is 1.06 bits per heavy atom. The van der Waals surface area contributed by atoms with Crippen LogP contribution in [0, 0.1) is 5.82 Å². The maximum absolute atomic E-state index is 12.8. The molecule has 1 rings (SSSR count). The molecule has 0 amide bonds. The Morgan fingerprint density at radius 2 is 1.65 bits per heavy atom. The fourth-order valence-electron chi connectivity index (χ4n) is 2.07. The van der Waals surface area contributed by atoms with Gasteiger partial charge in [-0.05, 0) is 31.0 Å². The molecule has 0 aliphatic carbocycles. The highest BCUT2D eigenvalue weighted by Crippen LogP contribution is 2.24. The highest BCUT2D eigenvalue weighted by molar-refractivity contribution is 5.23. The summed E-state index contributed by atoms with van der Waals surface area (Å²) in [5, 5.41) is 0. The number of nitrogens with two attached hydrogens (primary N) is 1. The van der Waals surface area contributed by atoms with E-state index in [-0.39, 0.29) is 11.4 Å². The van der Waals surface area contributed by atoms with E-state index in [0.717, 1.165) is 18.4 Å². The topological polar surface area (TPSA) is 26.0 Å². The van der Waals surface area contributed by atoms with Crippen LogP contribution in [0.15, 0.2) is 24.3 Å². The van der Waals surface area contributed by atoms with Gasteiger partial charge in [0.05, 0.1) is 0 Å². The molecule has 0 spiro atoms. The van der Waals surface area contributed by atoms with Crippen molar-refractivity contribution >= 4 is 0 Å². The molecule has 1 nitrogen and oxygen atoms in total. The van der Waals surface area contributed by atoms with Crippen molar-refractivity contribution in [2.24, 2.45) is 5.73 Å². The van der Waals surface area contributed by atoms with Crippen LogP contribution in [0.3, 0.4) is 0 Å². The summed E-state index contributed by atoms with van der Waals surface area (Å²) in [6.07, 6.45) is 7.19. The second kappa shape index (κ2) is 6.75. The lowest BCUT2D eigenvalue weighted by atomic mass is 9.87. The van der Waals surface area contributed by atoms with Crippen LogP contribution in [0.2, 0.25) is 0 Å². The molecule has 0 radical (unpaired) electrons. The lowest BCUT2D eigenvalue weighted by molar-refractivity contribution is 0.421. The molecule has 0 aromatic heterocycles. The molecular formula is C15H24FN. The van der Waals surface area contributed by atoms with E-state index in [1.807, 2.05) is 6.92 Å². The number of benzene rings is 1. The minimum absolute atomic E-state index is 0.201. The predicted octanol–water partition coefficient (Wildman–Crippen LogP) is 4.36. The van der Waals surface area contributed by atoms with E-state index in [9.17, 15) is 4.39 Å². The van der Waals surface area contributed by atoms with E-state index in [0.29, 0.717) is 0 Å². The van der Waals surface area contributed by atoms with E-state index < -0.39 is 0 Å². The fraction of sp³-hybridized carbons (Fsp3) is 0.600. The number of halogens is 1. The monoisotopic (exact) mass is 237 g/mol. The van der Waals surface area contributed by atoms with Gasteiger partial charge in [0.25, 0.3) is 0 Å². The first kappa shape index (κ1) is 14.2. The second-order valence-electron chi connectivity index (χ2n) is 5.09. The molecule has 1 aromatic carbocycles. The van der Waals surface area contributed by atoms with Gasteiger partial charge in [0, 0.05) is 5.54 Å². The van der Waals surface area contributed by atoms with Crippen molar-refractivity contribution in [2.75, 3.05) is 0 Å². The minimum atomic E-state index is -0.333. The molecule has 1 aromatic rings. The summed E-state index contributed by atoms with van der Waals surface area (Å²) in [6.45, 7) is 4.24. The molecule has 0 fully saturated rings. The highest BCUT2D eigenvalue weighted by Gasteiger charge is 2.20. The maximum Gasteiger partial charge on any atom is 0.123 e. The average molecular weight is 237 g/mol. The van der Waals surface area contributed by atoms with Gasteiger partial charge in [-0.2, -0.15) is 0 Å². The molecule has 1 atom stereocenters. The average Bonchev–Trinajstić information content (AvgIpc) is 2.29. The van der Waals surface area contributed by atoms with Crippen LogP contribution in [-0.4, -0.2) is 0 Å². The largest absolute Gasteiger partial charge is 0.322 e. The van der Waals surface area contributed by atoms with Gasteiger partial charge in [-0.15, -0.1) is 0 Å². The van der Waals surface area contributed by atoms with Crippen molar-refractivity contribution in [1.82, 2.24) is 0 Å². The number of rotatable bonds is 7. The first-order valence-corrected chi connectivity index (χ1v) is 6.61.